The van der Waals surface area contributed by atoms with Gasteiger partial charge in [-0.25, -0.2) is 4.39 Å². The van der Waals surface area contributed by atoms with E-state index in [2.05, 4.69) is 11.1 Å². The van der Waals surface area contributed by atoms with Crippen LogP contribution in [0, 0.1) is 11.9 Å². The molecule has 0 bridgehead atoms. The van der Waals surface area contributed by atoms with Gasteiger partial charge in [-0.2, -0.15) is 13.2 Å². The number of benzene rings is 1. The Hall–Kier alpha value is -1.91. The van der Waals surface area contributed by atoms with Gasteiger partial charge in [0.2, 0.25) is 0 Å². The van der Waals surface area contributed by atoms with Gasteiger partial charge in [0.05, 0.1) is 5.56 Å². The molecule has 5 heteroatoms. The lowest BCUT2D eigenvalue weighted by molar-refractivity contribution is -0.139. The van der Waals surface area contributed by atoms with Crippen LogP contribution in [0.1, 0.15) is 5.56 Å². The zero-order valence-corrected chi connectivity index (χ0v) is 8.42. The average Bonchev–Trinajstić information content (AvgIpc) is 2.29. The van der Waals surface area contributed by atoms with Crippen molar-refractivity contribution in [3.63, 3.8) is 0 Å². The Balaban J connectivity index is 2.53. The third kappa shape index (κ3) is 2.43. The minimum atomic E-state index is -4.70. The minimum absolute atomic E-state index is 0.253. The molecule has 0 saturated heterocycles. The fourth-order valence-electron chi connectivity index (χ4n) is 1.40. The fourth-order valence-corrected chi connectivity index (χ4v) is 1.40. The Kier molecular flexibility index (Phi) is 2.83. The predicted octanol–water partition coefficient (Wildman–Crippen LogP) is 3.71. The molecular formula is C12H6F4N. The molecule has 1 radical (unpaired) electrons. The standard InChI is InChI=1S/C12H6F4N/c13-11-4-3-8(6-10(11)12(14,15)16)9-2-1-5-17-7-9/h2-7H. The van der Waals surface area contributed by atoms with Gasteiger partial charge in [-0.05, 0) is 23.8 Å². The van der Waals surface area contributed by atoms with E-state index < -0.39 is 17.6 Å². The van der Waals surface area contributed by atoms with Crippen LogP contribution in [0.25, 0.3) is 11.1 Å². The molecule has 2 aromatic rings. The van der Waals surface area contributed by atoms with E-state index in [0.29, 0.717) is 5.56 Å². The van der Waals surface area contributed by atoms with Crippen molar-refractivity contribution in [3.8, 4) is 11.1 Å². The van der Waals surface area contributed by atoms with Gasteiger partial charge < -0.3 is 0 Å². The van der Waals surface area contributed by atoms with Crippen LogP contribution >= 0.6 is 0 Å². The first-order valence-electron chi connectivity index (χ1n) is 4.67. The zero-order valence-electron chi connectivity index (χ0n) is 8.42. The van der Waals surface area contributed by atoms with Gasteiger partial charge in [0.1, 0.15) is 5.82 Å². The molecule has 0 aliphatic rings. The summed E-state index contributed by atoms with van der Waals surface area (Å²) in [5.41, 5.74) is -0.570. The highest BCUT2D eigenvalue weighted by Crippen LogP contribution is 2.33. The largest absolute Gasteiger partial charge is 0.419 e. The Morgan fingerprint density at radius 2 is 1.88 bits per heavy atom. The molecule has 0 spiro atoms. The molecule has 87 valence electrons. The SMILES string of the molecule is Fc1ccc(-c2c[c]cnc2)cc1C(F)(F)F. The molecular weight excluding hydrogens is 234 g/mol. The lowest BCUT2D eigenvalue weighted by Crippen LogP contribution is -2.08. The third-order valence-corrected chi connectivity index (χ3v) is 2.21. The smallest absolute Gasteiger partial charge is 0.263 e. The molecule has 17 heavy (non-hydrogen) atoms. The summed E-state index contributed by atoms with van der Waals surface area (Å²) in [6, 6.07) is 6.97. The molecule has 1 nitrogen and oxygen atoms in total. The summed E-state index contributed by atoms with van der Waals surface area (Å²) in [6.45, 7) is 0. The maximum Gasteiger partial charge on any atom is 0.419 e. The topological polar surface area (TPSA) is 12.9 Å². The molecule has 0 saturated carbocycles. The summed E-state index contributed by atoms with van der Waals surface area (Å²) in [4.78, 5) is 3.74. The molecule has 1 heterocycles. The zero-order chi connectivity index (χ0) is 12.5. The van der Waals surface area contributed by atoms with Gasteiger partial charge in [-0.3, -0.25) is 4.98 Å². The number of pyridine rings is 1. The van der Waals surface area contributed by atoms with Gasteiger partial charge in [0.15, 0.2) is 0 Å². The maximum absolute atomic E-state index is 13.0. The summed E-state index contributed by atoms with van der Waals surface area (Å²) in [5.74, 6) is -1.28. The fraction of sp³-hybridized carbons (Fsp3) is 0.0833. The highest BCUT2D eigenvalue weighted by Gasteiger charge is 2.34. The summed E-state index contributed by atoms with van der Waals surface area (Å²) < 4.78 is 50.5. The Labute approximate surface area is 94.7 Å². The molecule has 1 aromatic heterocycles. The van der Waals surface area contributed by atoms with Crippen LogP contribution < -0.4 is 0 Å². The first-order chi connectivity index (χ1) is 7.98. The number of nitrogens with zero attached hydrogens (tertiary/aromatic N) is 1. The lowest BCUT2D eigenvalue weighted by atomic mass is 10.0. The second-order valence-corrected chi connectivity index (χ2v) is 3.37. The highest BCUT2D eigenvalue weighted by molar-refractivity contribution is 5.63. The van der Waals surface area contributed by atoms with Crippen molar-refractivity contribution in [1.29, 1.82) is 0 Å². The van der Waals surface area contributed by atoms with Gasteiger partial charge in [-0.1, -0.05) is 6.07 Å². The van der Waals surface area contributed by atoms with Gasteiger partial charge in [-0.15, -0.1) is 0 Å². The van der Waals surface area contributed by atoms with Crippen LogP contribution in [0.4, 0.5) is 17.6 Å². The Morgan fingerprint density at radius 1 is 1.12 bits per heavy atom. The third-order valence-electron chi connectivity index (χ3n) is 2.21. The van der Waals surface area contributed by atoms with Crippen molar-refractivity contribution < 1.29 is 17.6 Å². The molecule has 0 unspecified atom stereocenters. The number of hydrogen-bond donors (Lipinski definition) is 0. The van der Waals surface area contributed by atoms with Crippen LogP contribution in [0.3, 0.4) is 0 Å². The van der Waals surface area contributed by atoms with E-state index in [-0.39, 0.29) is 5.56 Å². The molecule has 0 fully saturated rings. The summed E-state index contributed by atoms with van der Waals surface area (Å²) >= 11 is 0. The van der Waals surface area contributed by atoms with Gasteiger partial charge >= 0.3 is 6.18 Å². The predicted molar refractivity (Wildman–Crippen MR) is 53.5 cm³/mol. The number of alkyl halides is 3. The first kappa shape index (κ1) is 11.6. The van der Waals surface area contributed by atoms with E-state index in [9.17, 15) is 17.6 Å². The minimum Gasteiger partial charge on any atom is -0.263 e. The van der Waals surface area contributed by atoms with Crippen LogP contribution in [-0.2, 0) is 6.18 Å². The molecule has 2 rings (SSSR count). The monoisotopic (exact) mass is 240 g/mol. The van der Waals surface area contributed by atoms with Crippen molar-refractivity contribution in [3.05, 3.63) is 54.1 Å². The second-order valence-electron chi connectivity index (χ2n) is 3.37. The lowest BCUT2D eigenvalue weighted by Gasteiger charge is -2.09. The number of hydrogen-bond acceptors (Lipinski definition) is 1. The second kappa shape index (κ2) is 4.16. The van der Waals surface area contributed by atoms with Crippen LogP contribution in [0.15, 0.2) is 36.7 Å². The van der Waals surface area contributed by atoms with Crippen molar-refractivity contribution in [2.75, 3.05) is 0 Å². The molecule has 0 aliphatic heterocycles. The average molecular weight is 240 g/mol. The quantitative estimate of drug-likeness (QED) is 0.692. The van der Waals surface area contributed by atoms with Crippen molar-refractivity contribution in [2.24, 2.45) is 0 Å². The number of halogens is 4. The van der Waals surface area contributed by atoms with E-state index in [4.69, 9.17) is 0 Å². The van der Waals surface area contributed by atoms with Crippen molar-refractivity contribution in [2.45, 2.75) is 6.18 Å². The van der Waals surface area contributed by atoms with Crippen molar-refractivity contribution >= 4 is 0 Å². The van der Waals surface area contributed by atoms with Crippen molar-refractivity contribution in [1.82, 2.24) is 4.98 Å². The Bertz CT molecular complexity index is 520. The van der Waals surface area contributed by atoms with E-state index in [1.165, 1.54) is 24.5 Å². The maximum atomic E-state index is 13.0. The van der Waals surface area contributed by atoms with E-state index >= 15 is 0 Å². The molecule has 0 N–H and O–H groups in total. The number of rotatable bonds is 1. The van der Waals surface area contributed by atoms with E-state index in [1.54, 1.807) is 0 Å². The Morgan fingerprint density at radius 3 is 2.47 bits per heavy atom. The number of aromatic nitrogens is 1. The van der Waals surface area contributed by atoms with E-state index in [0.717, 1.165) is 12.1 Å². The summed E-state index contributed by atoms with van der Waals surface area (Å²) in [5, 5.41) is 0. The molecule has 0 amide bonds. The summed E-state index contributed by atoms with van der Waals surface area (Å²) in [7, 11) is 0. The first-order valence-corrected chi connectivity index (χ1v) is 4.67. The van der Waals surface area contributed by atoms with E-state index in [1.807, 2.05) is 0 Å². The summed E-state index contributed by atoms with van der Waals surface area (Å²) in [6.07, 6.45) is -1.92. The molecule has 0 aliphatic carbocycles. The van der Waals surface area contributed by atoms with Crippen LogP contribution in [-0.4, -0.2) is 4.98 Å². The normalized spacial score (nSPS) is 11.5. The van der Waals surface area contributed by atoms with Gasteiger partial charge in [0.25, 0.3) is 0 Å². The van der Waals surface area contributed by atoms with Crippen LogP contribution in [0.5, 0.6) is 0 Å². The van der Waals surface area contributed by atoms with Crippen LogP contribution in [0.2, 0.25) is 0 Å². The molecule has 1 aromatic carbocycles. The van der Waals surface area contributed by atoms with Gasteiger partial charge in [0, 0.05) is 24.0 Å². The highest BCUT2D eigenvalue weighted by atomic mass is 19.4. The molecule has 0 atom stereocenters.